The average molecular weight is 419 g/mol. The zero-order chi connectivity index (χ0) is 22.0. The van der Waals surface area contributed by atoms with Crippen LogP contribution in [0.2, 0.25) is 0 Å². The van der Waals surface area contributed by atoms with Gasteiger partial charge >= 0.3 is 0 Å². The molecular weight excluding hydrogens is 392 g/mol. The maximum atomic E-state index is 12.0. The van der Waals surface area contributed by atoms with E-state index in [0.29, 0.717) is 54.4 Å². The van der Waals surface area contributed by atoms with E-state index in [-0.39, 0.29) is 11.8 Å². The summed E-state index contributed by atoms with van der Waals surface area (Å²) in [7, 11) is 0. The van der Waals surface area contributed by atoms with Gasteiger partial charge in [0, 0.05) is 42.7 Å². The maximum absolute atomic E-state index is 12.0. The van der Waals surface area contributed by atoms with Gasteiger partial charge in [0.15, 0.2) is 11.6 Å². The van der Waals surface area contributed by atoms with Crippen LogP contribution in [-0.4, -0.2) is 53.4 Å². The molecule has 2 N–H and O–H groups in total. The largest absolute Gasteiger partial charge is 0.378 e. The SMILES string of the molecule is C=C(/C=C(\C)c1cnc2c(N3CCOCC3)nc(C(=C)C=N)nc2c1)NC(=O)C1CC1. The summed E-state index contributed by atoms with van der Waals surface area (Å²) in [6, 6.07) is 1.94. The third-order valence-corrected chi connectivity index (χ3v) is 5.37. The predicted octanol–water partition coefficient (Wildman–Crippen LogP) is 2.97. The van der Waals surface area contributed by atoms with Gasteiger partial charge in [-0.1, -0.05) is 13.2 Å². The van der Waals surface area contributed by atoms with Crippen LogP contribution >= 0.6 is 0 Å². The molecule has 0 radical (unpaired) electrons. The number of hydrogen-bond donors (Lipinski definition) is 2. The monoisotopic (exact) mass is 418 g/mol. The van der Waals surface area contributed by atoms with Crippen molar-refractivity contribution in [3.05, 3.63) is 48.6 Å². The van der Waals surface area contributed by atoms with Crippen LogP contribution in [0.25, 0.3) is 22.2 Å². The molecule has 1 aliphatic heterocycles. The summed E-state index contributed by atoms with van der Waals surface area (Å²) < 4.78 is 5.46. The van der Waals surface area contributed by atoms with E-state index in [2.05, 4.69) is 38.3 Å². The first-order valence-electron chi connectivity index (χ1n) is 10.3. The second kappa shape index (κ2) is 8.77. The highest BCUT2D eigenvalue weighted by molar-refractivity contribution is 6.06. The van der Waals surface area contributed by atoms with Crippen LogP contribution in [0.3, 0.4) is 0 Å². The Morgan fingerprint density at radius 3 is 2.71 bits per heavy atom. The summed E-state index contributed by atoms with van der Waals surface area (Å²) in [5.74, 6) is 1.29. The van der Waals surface area contributed by atoms with E-state index in [1.165, 1.54) is 0 Å². The van der Waals surface area contributed by atoms with Crippen LogP contribution in [0, 0.1) is 11.3 Å². The van der Waals surface area contributed by atoms with Crippen LogP contribution in [0.4, 0.5) is 5.82 Å². The number of nitrogens with one attached hydrogen (secondary N) is 2. The Hall–Kier alpha value is -3.39. The molecule has 1 saturated carbocycles. The van der Waals surface area contributed by atoms with Gasteiger partial charge in [0.05, 0.1) is 18.7 Å². The van der Waals surface area contributed by atoms with Crippen molar-refractivity contribution in [3.63, 3.8) is 0 Å². The van der Waals surface area contributed by atoms with Gasteiger partial charge in [0.25, 0.3) is 0 Å². The lowest BCUT2D eigenvalue weighted by Crippen LogP contribution is -2.37. The average Bonchev–Trinajstić information content (AvgIpc) is 3.63. The third-order valence-electron chi connectivity index (χ3n) is 5.37. The number of amides is 1. The number of allylic oxidation sites excluding steroid dienone is 3. The molecule has 0 aromatic carbocycles. The second-order valence-electron chi connectivity index (χ2n) is 7.85. The zero-order valence-corrected chi connectivity index (χ0v) is 17.6. The summed E-state index contributed by atoms with van der Waals surface area (Å²) in [6.07, 6.45) is 6.67. The Bertz CT molecular complexity index is 1100. The fourth-order valence-corrected chi connectivity index (χ4v) is 3.41. The topological polar surface area (TPSA) is 104 Å². The third kappa shape index (κ3) is 4.69. The van der Waals surface area contributed by atoms with Crippen LogP contribution < -0.4 is 10.2 Å². The number of carbonyl (C=O) groups excluding carboxylic acids is 1. The Morgan fingerprint density at radius 2 is 2.03 bits per heavy atom. The minimum Gasteiger partial charge on any atom is -0.378 e. The van der Waals surface area contributed by atoms with E-state index in [4.69, 9.17) is 10.1 Å². The molecule has 2 aromatic heterocycles. The summed E-state index contributed by atoms with van der Waals surface area (Å²) in [6.45, 7) is 12.5. The van der Waals surface area contributed by atoms with E-state index >= 15 is 0 Å². The molecular formula is C23H26N6O2. The van der Waals surface area contributed by atoms with Gasteiger partial charge in [-0.05, 0) is 43.0 Å². The van der Waals surface area contributed by atoms with Crippen LogP contribution in [0.5, 0.6) is 0 Å². The molecule has 8 nitrogen and oxygen atoms in total. The lowest BCUT2D eigenvalue weighted by molar-refractivity contribution is -0.121. The van der Waals surface area contributed by atoms with Crippen molar-refractivity contribution in [3.8, 4) is 0 Å². The van der Waals surface area contributed by atoms with Crippen LogP contribution in [0.15, 0.2) is 37.2 Å². The number of carbonyl (C=O) groups is 1. The second-order valence-corrected chi connectivity index (χ2v) is 7.85. The first kappa shape index (κ1) is 20.9. The molecule has 0 bridgehead atoms. The molecule has 8 heteroatoms. The van der Waals surface area contributed by atoms with Crippen LogP contribution in [-0.2, 0) is 9.53 Å². The fraction of sp³-hybridized carbons (Fsp3) is 0.348. The molecule has 2 aromatic rings. The standard InChI is InChI=1S/C23H26N6O2/c1-14(10-16(3)26-23(30)17-4-5-17)18-11-19-20(25-13-18)22(29-6-8-31-9-7-29)28-21(27-19)15(2)12-24/h10-13,17,24H,2-9H2,1H3,(H,26,30)/b14-10+,24-12?. The number of rotatable bonds is 7. The highest BCUT2D eigenvalue weighted by atomic mass is 16.5. The number of morpholine rings is 1. The molecule has 2 aliphatic rings. The van der Waals surface area contributed by atoms with Gasteiger partial charge in [0.1, 0.15) is 5.52 Å². The highest BCUT2D eigenvalue weighted by Crippen LogP contribution is 2.29. The lowest BCUT2D eigenvalue weighted by Gasteiger charge is -2.28. The maximum Gasteiger partial charge on any atom is 0.227 e. The molecule has 4 rings (SSSR count). The van der Waals surface area contributed by atoms with E-state index < -0.39 is 0 Å². The molecule has 2 fully saturated rings. The molecule has 1 amide bonds. The molecule has 1 saturated heterocycles. The van der Waals surface area contributed by atoms with Crippen LogP contribution in [0.1, 0.15) is 31.2 Å². The van der Waals surface area contributed by atoms with Gasteiger partial charge in [-0.25, -0.2) is 9.97 Å². The van der Waals surface area contributed by atoms with E-state index in [0.717, 1.165) is 36.0 Å². The van der Waals surface area contributed by atoms with Crippen molar-refractivity contribution in [2.24, 2.45) is 5.92 Å². The van der Waals surface area contributed by atoms with Crippen molar-refractivity contribution >= 4 is 40.1 Å². The number of anilines is 1. The molecule has 0 unspecified atom stereocenters. The summed E-state index contributed by atoms with van der Waals surface area (Å²) in [5, 5.41) is 10.4. The molecule has 3 heterocycles. The molecule has 0 atom stereocenters. The van der Waals surface area contributed by atoms with Crippen molar-refractivity contribution in [1.29, 1.82) is 5.41 Å². The first-order chi connectivity index (χ1) is 15.0. The minimum atomic E-state index is 0.0309. The number of fused-ring (bicyclic) bond motifs is 1. The number of hydrogen-bond acceptors (Lipinski definition) is 7. The first-order valence-corrected chi connectivity index (χ1v) is 10.3. The quantitative estimate of drug-likeness (QED) is 0.529. The molecule has 31 heavy (non-hydrogen) atoms. The summed E-state index contributed by atoms with van der Waals surface area (Å²) >= 11 is 0. The molecule has 160 valence electrons. The normalized spacial score (nSPS) is 16.8. The van der Waals surface area contributed by atoms with Crippen molar-refractivity contribution < 1.29 is 9.53 Å². The molecule has 0 spiro atoms. The molecule has 1 aliphatic carbocycles. The number of aromatic nitrogens is 3. The van der Waals surface area contributed by atoms with Gasteiger partial charge in [0.2, 0.25) is 5.91 Å². The number of nitrogens with zero attached hydrogens (tertiary/aromatic N) is 4. The van der Waals surface area contributed by atoms with Gasteiger partial charge in [-0.15, -0.1) is 0 Å². The van der Waals surface area contributed by atoms with Crippen molar-refractivity contribution in [2.75, 3.05) is 31.2 Å². The van der Waals surface area contributed by atoms with Gasteiger partial charge in [-0.3, -0.25) is 9.78 Å². The fourth-order valence-electron chi connectivity index (χ4n) is 3.41. The Labute approximate surface area is 181 Å². The van der Waals surface area contributed by atoms with E-state index in [1.807, 2.05) is 19.1 Å². The van der Waals surface area contributed by atoms with Gasteiger partial charge in [-0.2, -0.15) is 0 Å². The Morgan fingerprint density at radius 1 is 1.29 bits per heavy atom. The number of ether oxygens (including phenoxy) is 1. The number of pyridine rings is 1. The van der Waals surface area contributed by atoms with Gasteiger partial charge < -0.3 is 20.4 Å². The Balaban J connectivity index is 1.68. The van der Waals surface area contributed by atoms with E-state index in [1.54, 1.807) is 6.20 Å². The smallest absolute Gasteiger partial charge is 0.227 e. The Kier molecular flexibility index (Phi) is 5.90. The summed E-state index contributed by atoms with van der Waals surface area (Å²) in [4.78, 5) is 28.0. The lowest BCUT2D eigenvalue weighted by atomic mass is 10.1. The van der Waals surface area contributed by atoms with Crippen molar-refractivity contribution in [2.45, 2.75) is 19.8 Å². The minimum absolute atomic E-state index is 0.0309. The van der Waals surface area contributed by atoms with E-state index in [9.17, 15) is 4.79 Å². The summed E-state index contributed by atoms with van der Waals surface area (Å²) in [5.41, 5.74) is 4.14. The highest BCUT2D eigenvalue weighted by Gasteiger charge is 2.29. The zero-order valence-electron chi connectivity index (χ0n) is 17.6. The van der Waals surface area contributed by atoms with Crippen molar-refractivity contribution in [1.82, 2.24) is 20.3 Å². The predicted molar refractivity (Wildman–Crippen MR) is 122 cm³/mol.